The molecule has 0 aliphatic heterocycles. The van der Waals surface area contributed by atoms with Crippen molar-refractivity contribution in [3.63, 3.8) is 0 Å². The summed E-state index contributed by atoms with van der Waals surface area (Å²) in [5.74, 6) is 1.50. The van der Waals surface area contributed by atoms with Crippen molar-refractivity contribution in [1.82, 2.24) is 5.32 Å². The highest BCUT2D eigenvalue weighted by molar-refractivity contribution is 9.11. The molecule has 0 radical (unpaired) electrons. The molecule has 0 aromatic rings. The first-order chi connectivity index (χ1) is 7.93. The topological polar surface area (TPSA) is 24.4 Å². The fourth-order valence-corrected chi connectivity index (χ4v) is 1.32. The molecule has 0 saturated heterocycles. The van der Waals surface area contributed by atoms with Gasteiger partial charge in [-0.1, -0.05) is 39.8 Å². The number of allylic oxidation sites excluding steroid dienone is 3. The van der Waals surface area contributed by atoms with Crippen LogP contribution in [0.2, 0.25) is 0 Å². The van der Waals surface area contributed by atoms with Gasteiger partial charge >= 0.3 is 0 Å². The van der Waals surface area contributed by atoms with Crippen molar-refractivity contribution in [2.45, 2.75) is 34.1 Å². The van der Waals surface area contributed by atoms with E-state index in [4.69, 9.17) is 0 Å². The molecule has 0 atom stereocenters. The van der Waals surface area contributed by atoms with Gasteiger partial charge < -0.3 is 5.32 Å². The molecule has 100 valence electrons. The van der Waals surface area contributed by atoms with Gasteiger partial charge in [0.05, 0.1) is 0 Å². The van der Waals surface area contributed by atoms with E-state index in [2.05, 4.69) is 66.7 Å². The Morgan fingerprint density at radius 3 is 2.18 bits per heavy atom. The molecule has 0 aromatic carbocycles. The third-order valence-corrected chi connectivity index (χ3v) is 2.18. The Kier molecular flexibility index (Phi) is 15.2. The molecule has 0 aliphatic carbocycles. The summed E-state index contributed by atoms with van der Waals surface area (Å²) in [6, 6.07) is 0. The zero-order chi connectivity index (χ0) is 13.7. The average Bonchev–Trinajstić information content (AvgIpc) is 2.18. The van der Waals surface area contributed by atoms with Gasteiger partial charge in [-0.15, -0.1) is 0 Å². The number of nitrogens with zero attached hydrogens (tertiary/aromatic N) is 1. The van der Waals surface area contributed by atoms with Gasteiger partial charge in [-0.2, -0.15) is 0 Å². The first-order valence-electron chi connectivity index (χ1n) is 6.06. The lowest BCUT2D eigenvalue weighted by atomic mass is 10.1. The smallest absolute Gasteiger partial charge is 0.0402 e. The Labute approximate surface area is 115 Å². The molecule has 0 heterocycles. The predicted octanol–water partition coefficient (Wildman–Crippen LogP) is 4.39. The Hall–Kier alpha value is -0.410. The second kappa shape index (κ2) is 13.7. The number of nitrogens with one attached hydrogen (secondary N) is 1. The van der Waals surface area contributed by atoms with Gasteiger partial charge in [0.2, 0.25) is 0 Å². The van der Waals surface area contributed by atoms with E-state index in [9.17, 15) is 0 Å². The van der Waals surface area contributed by atoms with Gasteiger partial charge in [-0.05, 0) is 54.5 Å². The highest BCUT2D eigenvalue weighted by Gasteiger charge is 1.87. The fraction of sp³-hybridized carbons (Fsp3) is 0.643. The summed E-state index contributed by atoms with van der Waals surface area (Å²) in [6.07, 6.45) is 6.89. The predicted molar refractivity (Wildman–Crippen MR) is 83.9 cm³/mol. The van der Waals surface area contributed by atoms with Gasteiger partial charge in [-0.25, -0.2) is 0 Å². The van der Waals surface area contributed by atoms with E-state index in [-0.39, 0.29) is 0 Å². The summed E-state index contributed by atoms with van der Waals surface area (Å²) < 4.78 is 0.966. The highest BCUT2D eigenvalue weighted by atomic mass is 79.9. The molecular formula is C14H27BrN2. The van der Waals surface area contributed by atoms with Crippen LogP contribution in [0.4, 0.5) is 0 Å². The molecule has 0 amide bonds. The lowest BCUT2D eigenvalue weighted by Crippen LogP contribution is -2.12. The van der Waals surface area contributed by atoms with E-state index in [1.807, 2.05) is 13.1 Å². The Morgan fingerprint density at radius 1 is 1.29 bits per heavy atom. The maximum Gasteiger partial charge on any atom is 0.0402 e. The summed E-state index contributed by atoms with van der Waals surface area (Å²) in [5, 5.41) is 3.07. The summed E-state index contributed by atoms with van der Waals surface area (Å²) in [4.78, 5) is 3.62. The van der Waals surface area contributed by atoms with Crippen molar-refractivity contribution in [2.75, 3.05) is 13.6 Å². The van der Waals surface area contributed by atoms with Crippen LogP contribution in [0.5, 0.6) is 0 Å². The second-order valence-electron chi connectivity index (χ2n) is 4.68. The van der Waals surface area contributed by atoms with Crippen LogP contribution in [0, 0.1) is 11.8 Å². The minimum absolute atomic E-state index is 0.711. The number of aliphatic imine (C=N–C) groups is 1. The van der Waals surface area contributed by atoms with E-state index in [0.717, 1.165) is 23.4 Å². The molecule has 0 unspecified atom stereocenters. The van der Waals surface area contributed by atoms with Crippen LogP contribution in [0.1, 0.15) is 34.1 Å². The second-order valence-corrected chi connectivity index (χ2v) is 5.60. The minimum atomic E-state index is 0.711. The monoisotopic (exact) mass is 302 g/mol. The largest absolute Gasteiger partial charge is 0.319 e. The van der Waals surface area contributed by atoms with Crippen LogP contribution in [-0.4, -0.2) is 20.3 Å². The lowest BCUT2D eigenvalue weighted by molar-refractivity contribution is 0.595. The minimum Gasteiger partial charge on any atom is -0.319 e. The zero-order valence-corrected chi connectivity index (χ0v) is 13.4. The van der Waals surface area contributed by atoms with Gasteiger partial charge in [0.25, 0.3) is 0 Å². The molecule has 0 saturated carbocycles. The normalized spacial score (nSPS) is 11.9. The summed E-state index contributed by atoms with van der Waals surface area (Å²) in [5.41, 5.74) is 0. The molecule has 0 aliphatic rings. The van der Waals surface area contributed by atoms with E-state index >= 15 is 0 Å². The van der Waals surface area contributed by atoms with Crippen molar-refractivity contribution in [2.24, 2.45) is 16.8 Å². The van der Waals surface area contributed by atoms with E-state index in [0.29, 0.717) is 5.92 Å². The Balaban J connectivity index is 0. The van der Waals surface area contributed by atoms with E-state index < -0.39 is 0 Å². The summed E-state index contributed by atoms with van der Waals surface area (Å²) in [6.45, 7) is 13.2. The van der Waals surface area contributed by atoms with Crippen molar-refractivity contribution >= 4 is 22.6 Å². The van der Waals surface area contributed by atoms with Crippen LogP contribution in [0.3, 0.4) is 0 Å². The average molecular weight is 303 g/mol. The van der Waals surface area contributed by atoms with Gasteiger partial charge in [0.1, 0.15) is 0 Å². The molecular weight excluding hydrogens is 276 g/mol. The molecule has 3 heteroatoms. The molecule has 0 fully saturated rings. The summed E-state index contributed by atoms with van der Waals surface area (Å²) in [7, 11) is 1.97. The standard InChI is InChI=1S/C9H14BrN.C5H13N/c1-8(2)5-4-6-9(10)7-11-3;1-5(2)4-6-3/h4,6-8H,3,5H2,1-2H3;5-6H,4H2,1-3H3/b6-4-,9-7+;. The number of hydrogen-bond donors (Lipinski definition) is 1. The zero-order valence-electron chi connectivity index (χ0n) is 11.8. The van der Waals surface area contributed by atoms with Crippen molar-refractivity contribution in [3.8, 4) is 0 Å². The Bertz CT molecular complexity index is 230. The van der Waals surface area contributed by atoms with E-state index in [1.165, 1.54) is 0 Å². The lowest BCUT2D eigenvalue weighted by Gasteiger charge is -1.98. The van der Waals surface area contributed by atoms with Crippen LogP contribution in [0.15, 0.2) is 27.8 Å². The fourth-order valence-electron chi connectivity index (χ4n) is 0.991. The molecule has 2 nitrogen and oxygen atoms in total. The first kappa shape index (κ1) is 18.9. The van der Waals surface area contributed by atoms with Gasteiger partial charge in [0.15, 0.2) is 0 Å². The van der Waals surface area contributed by atoms with Crippen LogP contribution in [-0.2, 0) is 0 Å². The molecule has 17 heavy (non-hydrogen) atoms. The molecule has 0 rings (SSSR count). The molecule has 0 bridgehead atoms. The quantitative estimate of drug-likeness (QED) is 0.571. The van der Waals surface area contributed by atoms with Gasteiger partial charge in [-0.3, -0.25) is 4.99 Å². The highest BCUT2D eigenvalue weighted by Crippen LogP contribution is 2.08. The van der Waals surface area contributed by atoms with Crippen molar-refractivity contribution in [1.29, 1.82) is 0 Å². The van der Waals surface area contributed by atoms with E-state index in [1.54, 1.807) is 6.20 Å². The third kappa shape index (κ3) is 21.4. The number of halogens is 1. The maximum absolute atomic E-state index is 3.62. The third-order valence-electron chi connectivity index (χ3n) is 1.71. The van der Waals surface area contributed by atoms with Crippen molar-refractivity contribution < 1.29 is 0 Å². The van der Waals surface area contributed by atoms with Gasteiger partial charge in [0, 0.05) is 10.7 Å². The summed E-state index contributed by atoms with van der Waals surface area (Å²) >= 11 is 3.33. The Morgan fingerprint density at radius 2 is 1.88 bits per heavy atom. The first-order valence-corrected chi connectivity index (χ1v) is 6.85. The number of hydrogen-bond acceptors (Lipinski definition) is 2. The van der Waals surface area contributed by atoms with Crippen molar-refractivity contribution in [3.05, 3.63) is 22.8 Å². The molecule has 0 spiro atoms. The number of rotatable bonds is 6. The molecule has 1 N–H and O–H groups in total. The van der Waals surface area contributed by atoms with Crippen LogP contribution >= 0.6 is 15.9 Å². The van der Waals surface area contributed by atoms with Crippen LogP contribution in [0.25, 0.3) is 0 Å². The van der Waals surface area contributed by atoms with Crippen LogP contribution < -0.4 is 5.32 Å². The SMILES string of the molecule is C=N/C=C(Br)\C=C/CC(C)C.CNCC(C)C. The maximum atomic E-state index is 3.62. The molecule has 0 aromatic heterocycles.